The van der Waals surface area contributed by atoms with Gasteiger partial charge in [-0.05, 0) is 43.2 Å². The molecule has 0 saturated carbocycles. The first-order chi connectivity index (χ1) is 11.0. The molecule has 0 bridgehead atoms. The lowest BCUT2D eigenvalue weighted by atomic mass is 10.1. The van der Waals surface area contributed by atoms with Gasteiger partial charge >= 0.3 is 5.97 Å². The molecular weight excluding hydrogens is 360 g/mol. The Kier molecular flexibility index (Phi) is 5.93. The molecule has 0 aliphatic carbocycles. The second-order valence-electron chi connectivity index (χ2n) is 5.10. The monoisotopic (exact) mass is 376 g/mol. The van der Waals surface area contributed by atoms with E-state index in [-0.39, 0.29) is 19.0 Å². The van der Waals surface area contributed by atoms with E-state index in [1.807, 2.05) is 32.0 Å². The highest BCUT2D eigenvalue weighted by Gasteiger charge is 2.13. The van der Waals surface area contributed by atoms with Crippen LogP contribution in [0.5, 0.6) is 5.75 Å². The van der Waals surface area contributed by atoms with E-state index >= 15 is 0 Å². The Labute approximate surface area is 143 Å². The number of aryl methyl sites for hydroxylation is 2. The highest BCUT2D eigenvalue weighted by molar-refractivity contribution is 9.10. The largest absolute Gasteiger partial charge is 0.482 e. The molecule has 23 heavy (non-hydrogen) atoms. The third kappa shape index (κ3) is 4.93. The molecule has 2 aromatic rings. The van der Waals surface area contributed by atoms with Crippen LogP contribution >= 0.6 is 15.9 Å². The number of carbonyl (C=O) groups excluding carboxylic acids is 2. The summed E-state index contributed by atoms with van der Waals surface area (Å²) in [4.78, 5) is 23.7. The van der Waals surface area contributed by atoms with Crippen molar-refractivity contribution in [2.45, 2.75) is 13.8 Å². The van der Waals surface area contributed by atoms with Gasteiger partial charge in [0.15, 0.2) is 13.2 Å². The van der Waals surface area contributed by atoms with Crippen molar-refractivity contribution in [1.29, 1.82) is 0 Å². The molecule has 0 spiro atoms. The normalized spacial score (nSPS) is 10.2. The summed E-state index contributed by atoms with van der Waals surface area (Å²) in [7, 11) is 0. The Bertz CT molecular complexity index is 725. The lowest BCUT2D eigenvalue weighted by Crippen LogP contribution is -2.19. The van der Waals surface area contributed by atoms with Gasteiger partial charge in [0.2, 0.25) is 5.78 Å². The van der Waals surface area contributed by atoms with Crippen molar-refractivity contribution in [2.75, 3.05) is 13.2 Å². The molecule has 0 amide bonds. The molecule has 5 heteroatoms. The van der Waals surface area contributed by atoms with Crippen molar-refractivity contribution in [1.82, 2.24) is 0 Å². The van der Waals surface area contributed by atoms with Crippen LogP contribution in [0.1, 0.15) is 21.5 Å². The van der Waals surface area contributed by atoms with E-state index in [4.69, 9.17) is 9.47 Å². The number of ketones is 1. The molecule has 0 unspecified atom stereocenters. The molecule has 0 fully saturated rings. The molecule has 0 radical (unpaired) electrons. The zero-order valence-corrected chi connectivity index (χ0v) is 14.6. The fourth-order valence-electron chi connectivity index (χ4n) is 1.90. The first-order valence-electron chi connectivity index (χ1n) is 7.11. The van der Waals surface area contributed by atoms with Crippen LogP contribution in [-0.4, -0.2) is 25.0 Å². The van der Waals surface area contributed by atoms with E-state index in [0.717, 1.165) is 11.1 Å². The van der Waals surface area contributed by atoms with Gasteiger partial charge in [-0.1, -0.05) is 40.2 Å². The fourth-order valence-corrected chi connectivity index (χ4v) is 2.40. The lowest BCUT2D eigenvalue weighted by molar-refractivity contribution is -0.144. The summed E-state index contributed by atoms with van der Waals surface area (Å²) in [6.07, 6.45) is 0. The Morgan fingerprint density at radius 2 is 1.74 bits per heavy atom. The highest BCUT2D eigenvalue weighted by Crippen LogP contribution is 2.17. The first-order valence-corrected chi connectivity index (χ1v) is 7.90. The van der Waals surface area contributed by atoms with Crippen LogP contribution in [0.4, 0.5) is 0 Å². The van der Waals surface area contributed by atoms with Crippen LogP contribution in [0.15, 0.2) is 46.9 Å². The van der Waals surface area contributed by atoms with Crippen LogP contribution in [0.25, 0.3) is 0 Å². The van der Waals surface area contributed by atoms with Gasteiger partial charge in [0.1, 0.15) is 5.75 Å². The van der Waals surface area contributed by atoms with Crippen molar-refractivity contribution in [2.24, 2.45) is 0 Å². The predicted octanol–water partition coefficient (Wildman–Crippen LogP) is 3.87. The van der Waals surface area contributed by atoms with Gasteiger partial charge in [-0.15, -0.1) is 0 Å². The minimum Gasteiger partial charge on any atom is -0.482 e. The highest BCUT2D eigenvalue weighted by atomic mass is 79.9. The second-order valence-corrected chi connectivity index (χ2v) is 5.95. The van der Waals surface area contributed by atoms with Crippen LogP contribution < -0.4 is 4.74 Å². The molecule has 4 nitrogen and oxygen atoms in total. The molecule has 0 atom stereocenters. The Balaban J connectivity index is 1.82. The topological polar surface area (TPSA) is 52.6 Å². The van der Waals surface area contributed by atoms with Crippen molar-refractivity contribution in [3.05, 3.63) is 63.6 Å². The fraction of sp³-hybridized carbons (Fsp3) is 0.222. The van der Waals surface area contributed by atoms with Crippen LogP contribution in [0.3, 0.4) is 0 Å². The van der Waals surface area contributed by atoms with E-state index in [0.29, 0.717) is 15.8 Å². The van der Waals surface area contributed by atoms with Gasteiger partial charge in [-0.2, -0.15) is 0 Å². The number of hydrogen-bond donors (Lipinski definition) is 0. The Morgan fingerprint density at radius 3 is 2.43 bits per heavy atom. The van der Waals surface area contributed by atoms with Crippen LogP contribution in [-0.2, 0) is 9.53 Å². The predicted molar refractivity (Wildman–Crippen MR) is 90.8 cm³/mol. The first kappa shape index (κ1) is 17.2. The average Bonchev–Trinajstić information content (AvgIpc) is 2.54. The second kappa shape index (κ2) is 7.92. The van der Waals surface area contributed by atoms with Gasteiger partial charge in [-0.3, -0.25) is 4.79 Å². The van der Waals surface area contributed by atoms with Gasteiger partial charge in [0.05, 0.1) is 0 Å². The summed E-state index contributed by atoms with van der Waals surface area (Å²) >= 11 is 3.29. The number of esters is 1. The number of Topliss-reactive ketones (excluding diaryl/α,β-unsaturated/α-hetero) is 1. The molecule has 0 heterocycles. The standard InChI is InChI=1S/C18H17BrO4/c1-12-7-8-14(9-13(12)2)22-11-18(21)23-10-17(20)15-5-3-4-6-16(15)19/h3-9H,10-11H2,1-2H3. The van der Waals surface area contributed by atoms with E-state index < -0.39 is 5.97 Å². The summed E-state index contributed by atoms with van der Waals surface area (Å²) in [5, 5.41) is 0. The number of benzene rings is 2. The van der Waals surface area contributed by atoms with Crippen molar-refractivity contribution < 1.29 is 19.1 Å². The molecule has 0 aliphatic rings. The SMILES string of the molecule is Cc1ccc(OCC(=O)OCC(=O)c2ccccc2Br)cc1C. The minimum atomic E-state index is -0.580. The number of carbonyl (C=O) groups is 2. The third-order valence-corrected chi connectivity index (χ3v) is 4.07. The minimum absolute atomic E-state index is 0.230. The van der Waals surface area contributed by atoms with Crippen molar-refractivity contribution >= 4 is 27.7 Å². The van der Waals surface area contributed by atoms with E-state index in [2.05, 4.69) is 15.9 Å². The smallest absolute Gasteiger partial charge is 0.344 e. The maximum absolute atomic E-state index is 12.0. The molecule has 2 aromatic carbocycles. The zero-order chi connectivity index (χ0) is 16.8. The van der Waals surface area contributed by atoms with E-state index in [1.54, 1.807) is 24.3 Å². The third-order valence-electron chi connectivity index (χ3n) is 3.37. The summed E-state index contributed by atoms with van der Waals surface area (Å²) in [6, 6.07) is 12.6. The number of halogens is 1. The maximum Gasteiger partial charge on any atom is 0.344 e. The van der Waals surface area contributed by atoms with Gasteiger partial charge in [-0.25, -0.2) is 4.79 Å². The molecule has 0 aromatic heterocycles. The van der Waals surface area contributed by atoms with E-state index in [9.17, 15) is 9.59 Å². The van der Waals surface area contributed by atoms with Crippen molar-refractivity contribution in [3.8, 4) is 5.75 Å². The van der Waals surface area contributed by atoms with Gasteiger partial charge in [0.25, 0.3) is 0 Å². The van der Waals surface area contributed by atoms with Gasteiger partial charge < -0.3 is 9.47 Å². The summed E-state index contributed by atoms with van der Waals surface area (Å²) in [6.45, 7) is 3.43. The van der Waals surface area contributed by atoms with Crippen LogP contribution in [0.2, 0.25) is 0 Å². The van der Waals surface area contributed by atoms with Crippen LogP contribution in [0, 0.1) is 13.8 Å². The molecular formula is C18H17BrO4. The number of ether oxygens (including phenoxy) is 2. The van der Waals surface area contributed by atoms with Crippen molar-refractivity contribution in [3.63, 3.8) is 0 Å². The number of hydrogen-bond acceptors (Lipinski definition) is 4. The summed E-state index contributed by atoms with van der Waals surface area (Å²) in [5.74, 6) is -0.247. The zero-order valence-electron chi connectivity index (χ0n) is 13.0. The molecule has 120 valence electrons. The lowest BCUT2D eigenvalue weighted by Gasteiger charge is -2.09. The maximum atomic E-state index is 12.0. The Morgan fingerprint density at radius 1 is 1.00 bits per heavy atom. The molecule has 2 rings (SSSR count). The number of rotatable bonds is 6. The quantitative estimate of drug-likeness (QED) is 0.567. The molecule has 0 N–H and O–H groups in total. The summed E-state index contributed by atoms with van der Waals surface area (Å²) < 4.78 is 11.0. The van der Waals surface area contributed by atoms with Gasteiger partial charge in [0, 0.05) is 10.0 Å². The summed E-state index contributed by atoms with van der Waals surface area (Å²) in [5.41, 5.74) is 2.72. The Hall–Kier alpha value is -2.14. The average molecular weight is 377 g/mol. The molecule has 0 aliphatic heterocycles. The molecule has 0 saturated heterocycles. The van der Waals surface area contributed by atoms with E-state index in [1.165, 1.54) is 0 Å².